The molecule has 2 aromatic rings. The van der Waals surface area contributed by atoms with Crippen LogP contribution in [0.25, 0.3) is 0 Å². The van der Waals surface area contributed by atoms with Crippen LogP contribution >= 0.6 is 0 Å². The number of pyridine rings is 1. The third kappa shape index (κ3) is 3.81. The van der Waals surface area contributed by atoms with Crippen molar-refractivity contribution in [1.82, 2.24) is 10.1 Å². The van der Waals surface area contributed by atoms with Crippen molar-refractivity contribution in [3.8, 4) is 5.75 Å². The number of nitrogens with two attached hydrogens (primary N) is 1. The molecule has 20 heavy (non-hydrogen) atoms. The molecule has 0 bridgehead atoms. The zero-order valence-corrected chi connectivity index (χ0v) is 12.2. The smallest absolute Gasteiger partial charge is 0.141 e. The van der Waals surface area contributed by atoms with Gasteiger partial charge < -0.3 is 15.0 Å². The highest BCUT2D eigenvalue weighted by atomic mass is 16.5. The van der Waals surface area contributed by atoms with Gasteiger partial charge in [-0.2, -0.15) is 0 Å². The van der Waals surface area contributed by atoms with Crippen molar-refractivity contribution in [1.29, 1.82) is 0 Å². The van der Waals surface area contributed by atoms with Gasteiger partial charge in [0.1, 0.15) is 23.8 Å². The van der Waals surface area contributed by atoms with E-state index in [9.17, 15) is 0 Å². The molecular weight excluding hydrogens is 254 g/mol. The third-order valence-electron chi connectivity index (χ3n) is 3.10. The first-order valence-corrected chi connectivity index (χ1v) is 6.85. The molecule has 2 aromatic heterocycles. The Morgan fingerprint density at radius 3 is 2.80 bits per heavy atom. The molecule has 0 fully saturated rings. The molecule has 0 aromatic carbocycles. The molecule has 0 aliphatic rings. The van der Waals surface area contributed by atoms with Gasteiger partial charge in [0.2, 0.25) is 0 Å². The van der Waals surface area contributed by atoms with Gasteiger partial charge >= 0.3 is 0 Å². The molecule has 1 unspecified atom stereocenters. The van der Waals surface area contributed by atoms with E-state index in [0.717, 1.165) is 35.0 Å². The lowest BCUT2D eigenvalue weighted by Crippen LogP contribution is -2.22. The average Bonchev–Trinajstić information content (AvgIpc) is 2.83. The van der Waals surface area contributed by atoms with Gasteiger partial charge in [-0.15, -0.1) is 0 Å². The van der Waals surface area contributed by atoms with Crippen LogP contribution in [0.3, 0.4) is 0 Å². The fourth-order valence-corrected chi connectivity index (χ4v) is 1.91. The highest BCUT2D eigenvalue weighted by Crippen LogP contribution is 2.20. The van der Waals surface area contributed by atoms with Crippen LogP contribution in [0.5, 0.6) is 5.75 Å². The molecule has 0 saturated heterocycles. The standard InChI is InChI=1S/C15H21N3O2/c1-4-12(16)8-14-15(6-5-10(2)17-14)19-9-13-7-11(3)20-18-13/h5-7,12H,4,8-9,16H2,1-3H3. The van der Waals surface area contributed by atoms with E-state index in [1.807, 2.05) is 32.0 Å². The Kier molecular flexibility index (Phi) is 4.74. The quantitative estimate of drug-likeness (QED) is 0.877. The van der Waals surface area contributed by atoms with Gasteiger partial charge in [0.05, 0.1) is 5.69 Å². The average molecular weight is 275 g/mol. The predicted molar refractivity (Wildman–Crippen MR) is 76.5 cm³/mol. The Balaban J connectivity index is 2.09. The minimum Gasteiger partial charge on any atom is -0.485 e. The molecule has 0 aliphatic carbocycles. The van der Waals surface area contributed by atoms with Crippen LogP contribution in [0, 0.1) is 13.8 Å². The van der Waals surface area contributed by atoms with E-state index in [2.05, 4.69) is 17.1 Å². The van der Waals surface area contributed by atoms with Crippen LogP contribution < -0.4 is 10.5 Å². The molecule has 5 nitrogen and oxygen atoms in total. The van der Waals surface area contributed by atoms with Gasteiger partial charge in [-0.1, -0.05) is 12.1 Å². The summed E-state index contributed by atoms with van der Waals surface area (Å²) in [5.41, 5.74) is 8.65. The number of hydrogen-bond acceptors (Lipinski definition) is 5. The first kappa shape index (κ1) is 14.5. The van der Waals surface area contributed by atoms with E-state index in [4.69, 9.17) is 15.0 Å². The number of ether oxygens (including phenoxy) is 1. The number of rotatable bonds is 6. The summed E-state index contributed by atoms with van der Waals surface area (Å²) in [6.45, 7) is 6.26. The minimum absolute atomic E-state index is 0.0981. The molecule has 2 rings (SSSR count). The minimum atomic E-state index is 0.0981. The van der Waals surface area contributed by atoms with E-state index in [0.29, 0.717) is 13.0 Å². The van der Waals surface area contributed by atoms with Crippen LogP contribution in [-0.4, -0.2) is 16.2 Å². The largest absolute Gasteiger partial charge is 0.485 e. The third-order valence-corrected chi connectivity index (χ3v) is 3.10. The first-order valence-electron chi connectivity index (χ1n) is 6.85. The zero-order valence-electron chi connectivity index (χ0n) is 12.2. The first-order chi connectivity index (χ1) is 9.58. The van der Waals surface area contributed by atoms with E-state index < -0.39 is 0 Å². The second kappa shape index (κ2) is 6.52. The van der Waals surface area contributed by atoms with Crippen LogP contribution in [-0.2, 0) is 13.0 Å². The highest BCUT2D eigenvalue weighted by Gasteiger charge is 2.11. The number of hydrogen-bond donors (Lipinski definition) is 1. The molecule has 0 amide bonds. The highest BCUT2D eigenvalue weighted by molar-refractivity contribution is 5.30. The normalized spacial score (nSPS) is 12.4. The number of aryl methyl sites for hydroxylation is 2. The second-order valence-electron chi connectivity index (χ2n) is 4.99. The summed E-state index contributed by atoms with van der Waals surface area (Å²) in [4.78, 5) is 4.53. The number of nitrogens with zero attached hydrogens (tertiary/aromatic N) is 2. The lowest BCUT2D eigenvalue weighted by atomic mass is 10.1. The maximum Gasteiger partial charge on any atom is 0.141 e. The number of aromatic nitrogens is 2. The molecule has 0 aliphatic heterocycles. The SMILES string of the molecule is CCC(N)Cc1nc(C)ccc1OCc1cc(C)on1. The van der Waals surface area contributed by atoms with Crippen molar-refractivity contribution in [2.24, 2.45) is 5.73 Å². The second-order valence-corrected chi connectivity index (χ2v) is 4.99. The monoisotopic (exact) mass is 275 g/mol. The molecule has 2 heterocycles. The molecule has 1 atom stereocenters. The summed E-state index contributed by atoms with van der Waals surface area (Å²) < 4.78 is 10.8. The van der Waals surface area contributed by atoms with Crippen LogP contribution in [0.1, 0.15) is 36.2 Å². The van der Waals surface area contributed by atoms with Gasteiger partial charge in [0.25, 0.3) is 0 Å². The van der Waals surface area contributed by atoms with Crippen LogP contribution in [0.2, 0.25) is 0 Å². The van der Waals surface area contributed by atoms with Gasteiger partial charge in [-0.25, -0.2) is 0 Å². The fraction of sp³-hybridized carbons (Fsp3) is 0.467. The molecule has 5 heteroatoms. The summed E-state index contributed by atoms with van der Waals surface area (Å²) >= 11 is 0. The lowest BCUT2D eigenvalue weighted by molar-refractivity contribution is 0.283. The molecule has 0 saturated carbocycles. The summed E-state index contributed by atoms with van der Waals surface area (Å²) in [5.74, 6) is 1.54. The van der Waals surface area contributed by atoms with Crippen molar-refractivity contribution in [2.75, 3.05) is 0 Å². The Labute approximate surface area is 119 Å². The molecule has 2 N–H and O–H groups in total. The van der Waals surface area contributed by atoms with Gasteiger partial charge in [0.15, 0.2) is 0 Å². The zero-order chi connectivity index (χ0) is 14.5. The fourth-order valence-electron chi connectivity index (χ4n) is 1.91. The topological polar surface area (TPSA) is 74.2 Å². The Hall–Kier alpha value is -1.88. The lowest BCUT2D eigenvalue weighted by Gasteiger charge is -2.13. The van der Waals surface area contributed by atoms with Crippen molar-refractivity contribution >= 4 is 0 Å². The predicted octanol–water partition coefficient (Wildman–Crippen LogP) is 2.55. The summed E-state index contributed by atoms with van der Waals surface area (Å²) in [7, 11) is 0. The molecular formula is C15H21N3O2. The van der Waals surface area contributed by atoms with E-state index in [1.54, 1.807) is 0 Å². The Bertz CT molecular complexity index is 566. The van der Waals surface area contributed by atoms with E-state index in [1.165, 1.54) is 0 Å². The molecule has 0 radical (unpaired) electrons. The molecule has 0 spiro atoms. The summed E-state index contributed by atoms with van der Waals surface area (Å²) in [6.07, 6.45) is 1.63. The summed E-state index contributed by atoms with van der Waals surface area (Å²) in [5, 5.41) is 3.91. The molecule has 108 valence electrons. The van der Waals surface area contributed by atoms with E-state index in [-0.39, 0.29) is 6.04 Å². The van der Waals surface area contributed by atoms with Crippen molar-refractivity contribution in [2.45, 2.75) is 46.3 Å². The van der Waals surface area contributed by atoms with Gasteiger partial charge in [-0.3, -0.25) is 4.98 Å². The van der Waals surface area contributed by atoms with E-state index >= 15 is 0 Å². The Morgan fingerprint density at radius 1 is 1.35 bits per heavy atom. The Morgan fingerprint density at radius 2 is 2.15 bits per heavy atom. The summed E-state index contributed by atoms with van der Waals surface area (Å²) in [6, 6.07) is 5.83. The van der Waals surface area contributed by atoms with Gasteiger partial charge in [-0.05, 0) is 32.4 Å². The van der Waals surface area contributed by atoms with Crippen molar-refractivity contribution in [3.63, 3.8) is 0 Å². The maximum absolute atomic E-state index is 6.01. The van der Waals surface area contributed by atoms with Crippen molar-refractivity contribution in [3.05, 3.63) is 41.0 Å². The maximum atomic E-state index is 6.01. The van der Waals surface area contributed by atoms with Crippen molar-refractivity contribution < 1.29 is 9.26 Å². The van der Waals surface area contributed by atoms with Crippen LogP contribution in [0.15, 0.2) is 22.7 Å². The van der Waals surface area contributed by atoms with Gasteiger partial charge in [0, 0.05) is 24.2 Å². The van der Waals surface area contributed by atoms with Crippen LogP contribution in [0.4, 0.5) is 0 Å².